The van der Waals surface area contributed by atoms with E-state index in [1.165, 1.54) is 44.9 Å². The minimum atomic E-state index is -0.749. The molecule has 6 heteroatoms. The smallest absolute Gasteiger partial charge is 0.185 e. The molecule has 178 valence electrons. The molecule has 5 N–H and O–H groups in total. The molecule has 2 aliphatic rings. The van der Waals surface area contributed by atoms with Gasteiger partial charge in [0.15, 0.2) is 5.96 Å². The number of nitrogens with two attached hydrogens (primary N) is 2. The van der Waals surface area contributed by atoms with Gasteiger partial charge in [0.25, 0.3) is 0 Å². The zero-order chi connectivity index (χ0) is 22.4. The summed E-state index contributed by atoms with van der Waals surface area (Å²) in [6.07, 6.45) is 23.2. The minimum absolute atomic E-state index is 0.182. The van der Waals surface area contributed by atoms with Crippen LogP contribution in [0.5, 0.6) is 0 Å². The molecule has 2 rings (SSSR count). The lowest BCUT2D eigenvalue weighted by molar-refractivity contribution is -0.122. The fraction of sp³-hybridized carbons (Fsp3) is 0.800. The van der Waals surface area contributed by atoms with Crippen molar-refractivity contribution in [3.8, 4) is 0 Å². The van der Waals surface area contributed by atoms with Gasteiger partial charge in [-0.1, -0.05) is 57.1 Å². The summed E-state index contributed by atoms with van der Waals surface area (Å²) in [5.74, 6) is 0.182. The number of allylic oxidation sites excluding steroid dienone is 1. The van der Waals surface area contributed by atoms with Crippen LogP contribution >= 0.6 is 0 Å². The van der Waals surface area contributed by atoms with E-state index in [1.54, 1.807) is 0 Å². The quantitative estimate of drug-likeness (QED) is 0.139. The topological polar surface area (TPSA) is 91.1 Å². The maximum absolute atomic E-state index is 11.3. The van der Waals surface area contributed by atoms with Crippen LogP contribution in [0.1, 0.15) is 89.9 Å². The number of guanidine groups is 1. The van der Waals surface area contributed by atoms with E-state index in [9.17, 15) is 5.11 Å². The van der Waals surface area contributed by atoms with E-state index in [4.69, 9.17) is 11.5 Å². The number of hydrogen-bond acceptors (Lipinski definition) is 4. The lowest BCUT2D eigenvalue weighted by atomic mass is 10.0. The summed E-state index contributed by atoms with van der Waals surface area (Å²) >= 11 is 0. The Hall–Kier alpha value is -1.37. The maximum Gasteiger partial charge on any atom is 0.185 e. The lowest BCUT2D eigenvalue weighted by Gasteiger charge is -2.45. The molecule has 0 amide bonds. The average Bonchev–Trinajstić information content (AvgIpc) is 3.09. The molecule has 0 aromatic rings. The Labute approximate surface area is 190 Å². The first-order valence-corrected chi connectivity index (χ1v) is 12.7. The molecule has 1 saturated heterocycles. The molecule has 0 bridgehead atoms. The van der Waals surface area contributed by atoms with Gasteiger partial charge in [-0.25, -0.2) is 0 Å². The molecule has 0 spiro atoms. The van der Waals surface area contributed by atoms with E-state index in [0.717, 1.165) is 64.6 Å². The van der Waals surface area contributed by atoms with Crippen molar-refractivity contribution in [1.82, 2.24) is 9.80 Å². The molecular weight excluding hydrogens is 386 g/mol. The molecule has 0 radical (unpaired) electrons. The van der Waals surface area contributed by atoms with Crippen LogP contribution in [0.15, 0.2) is 29.8 Å². The molecule has 0 aliphatic carbocycles. The molecule has 31 heavy (non-hydrogen) atoms. The van der Waals surface area contributed by atoms with E-state index < -0.39 is 5.72 Å². The maximum atomic E-state index is 11.3. The average molecular weight is 434 g/mol. The molecular formula is C25H47N5O. The summed E-state index contributed by atoms with van der Waals surface area (Å²) in [6, 6.07) is 0. The van der Waals surface area contributed by atoms with Crippen LogP contribution in [-0.4, -0.2) is 58.9 Å². The van der Waals surface area contributed by atoms with Crippen molar-refractivity contribution in [2.75, 3.05) is 26.2 Å². The first-order chi connectivity index (χ1) is 15.1. The number of rotatable bonds is 17. The Balaban J connectivity index is 1.60. The zero-order valence-corrected chi connectivity index (χ0v) is 19.7. The summed E-state index contributed by atoms with van der Waals surface area (Å²) in [5, 5.41) is 11.3. The Morgan fingerprint density at radius 3 is 2.39 bits per heavy atom. The second-order valence-corrected chi connectivity index (χ2v) is 9.26. The molecule has 6 nitrogen and oxygen atoms in total. The minimum Gasteiger partial charge on any atom is -0.372 e. The summed E-state index contributed by atoms with van der Waals surface area (Å²) in [5.41, 5.74) is 10.00. The zero-order valence-electron chi connectivity index (χ0n) is 19.7. The standard InChI is InChI=1S/C25H47N5O/c1-2-3-4-5-6-7-8-9-10-12-17-25(31)18-16-23-29(21-15-22-30(23)25)20-14-11-13-19-28-24(26)27/h2,16,18,23,31H,1,3-15,17,19-22H2,(H4,26,27,28). The van der Waals surface area contributed by atoms with Crippen LogP contribution in [-0.2, 0) is 0 Å². The van der Waals surface area contributed by atoms with E-state index in [2.05, 4.69) is 33.5 Å². The molecule has 0 aromatic carbocycles. The molecule has 2 unspecified atom stereocenters. The van der Waals surface area contributed by atoms with Gasteiger partial charge in [0, 0.05) is 19.6 Å². The largest absolute Gasteiger partial charge is 0.372 e. The number of nitrogens with zero attached hydrogens (tertiary/aromatic N) is 3. The van der Waals surface area contributed by atoms with Crippen LogP contribution in [0.4, 0.5) is 0 Å². The van der Waals surface area contributed by atoms with Crippen molar-refractivity contribution in [3.63, 3.8) is 0 Å². The number of aliphatic hydroxyl groups is 1. The molecule has 2 heterocycles. The van der Waals surface area contributed by atoms with Crippen molar-refractivity contribution in [2.24, 2.45) is 16.5 Å². The third-order valence-corrected chi connectivity index (χ3v) is 6.67. The van der Waals surface area contributed by atoms with Gasteiger partial charge in [-0.2, -0.15) is 0 Å². The highest BCUT2D eigenvalue weighted by molar-refractivity contribution is 5.75. The summed E-state index contributed by atoms with van der Waals surface area (Å²) in [7, 11) is 0. The van der Waals surface area contributed by atoms with Crippen LogP contribution < -0.4 is 11.5 Å². The molecule has 0 aromatic heterocycles. The molecule has 1 fully saturated rings. The van der Waals surface area contributed by atoms with Gasteiger partial charge in [0.05, 0.1) is 6.17 Å². The second-order valence-electron chi connectivity index (χ2n) is 9.26. The van der Waals surface area contributed by atoms with Crippen LogP contribution in [0.25, 0.3) is 0 Å². The highest BCUT2D eigenvalue weighted by Gasteiger charge is 2.43. The summed E-state index contributed by atoms with van der Waals surface area (Å²) in [6.45, 7) is 7.66. The highest BCUT2D eigenvalue weighted by Crippen LogP contribution is 2.34. The molecule has 2 atom stereocenters. The predicted molar refractivity (Wildman–Crippen MR) is 132 cm³/mol. The van der Waals surface area contributed by atoms with E-state index >= 15 is 0 Å². The van der Waals surface area contributed by atoms with Crippen LogP contribution in [0.2, 0.25) is 0 Å². The first-order valence-electron chi connectivity index (χ1n) is 12.7. The van der Waals surface area contributed by atoms with Crippen molar-refractivity contribution in [3.05, 3.63) is 24.8 Å². The van der Waals surface area contributed by atoms with Gasteiger partial charge < -0.3 is 16.6 Å². The number of aliphatic imine (C=N–C) groups is 1. The van der Waals surface area contributed by atoms with Gasteiger partial charge in [-0.3, -0.25) is 14.8 Å². The van der Waals surface area contributed by atoms with Crippen molar-refractivity contribution >= 4 is 5.96 Å². The summed E-state index contributed by atoms with van der Waals surface area (Å²) < 4.78 is 0. The van der Waals surface area contributed by atoms with Gasteiger partial charge in [0.2, 0.25) is 0 Å². The number of hydrogen-bond donors (Lipinski definition) is 3. The van der Waals surface area contributed by atoms with Gasteiger partial charge in [-0.15, -0.1) is 6.58 Å². The lowest BCUT2D eigenvalue weighted by Crippen LogP contribution is -2.58. The predicted octanol–water partition coefficient (Wildman–Crippen LogP) is 4.11. The Morgan fingerprint density at radius 1 is 1.00 bits per heavy atom. The van der Waals surface area contributed by atoms with E-state index in [-0.39, 0.29) is 12.1 Å². The van der Waals surface area contributed by atoms with Gasteiger partial charge in [-0.05, 0) is 57.6 Å². The Morgan fingerprint density at radius 2 is 1.68 bits per heavy atom. The molecule has 2 aliphatic heterocycles. The van der Waals surface area contributed by atoms with E-state index in [1.807, 2.05) is 6.08 Å². The van der Waals surface area contributed by atoms with Crippen molar-refractivity contribution in [1.29, 1.82) is 0 Å². The van der Waals surface area contributed by atoms with Gasteiger partial charge >= 0.3 is 0 Å². The highest BCUT2D eigenvalue weighted by atomic mass is 16.3. The third-order valence-electron chi connectivity index (χ3n) is 6.67. The summed E-state index contributed by atoms with van der Waals surface area (Å²) in [4.78, 5) is 8.88. The molecule has 0 saturated carbocycles. The first kappa shape index (κ1) is 25.9. The normalized spacial score (nSPS) is 23.7. The fourth-order valence-corrected chi connectivity index (χ4v) is 4.91. The Kier molecular flexibility index (Phi) is 12.2. The van der Waals surface area contributed by atoms with Crippen molar-refractivity contribution in [2.45, 2.75) is 102 Å². The monoisotopic (exact) mass is 433 g/mol. The Bertz CT molecular complexity index is 560. The number of fused-ring (bicyclic) bond motifs is 1. The number of unbranched alkanes of at least 4 members (excludes halogenated alkanes) is 10. The van der Waals surface area contributed by atoms with E-state index in [0.29, 0.717) is 6.54 Å². The van der Waals surface area contributed by atoms with Gasteiger partial charge in [0.1, 0.15) is 5.72 Å². The SMILES string of the molecule is C=CCCCCCCCCCCC1(O)C=CC2N(CCCCCN=C(N)N)CCCN21. The fourth-order valence-electron chi connectivity index (χ4n) is 4.91. The van der Waals surface area contributed by atoms with Crippen LogP contribution in [0, 0.1) is 0 Å². The van der Waals surface area contributed by atoms with Crippen LogP contribution in [0.3, 0.4) is 0 Å². The third kappa shape index (κ3) is 9.34. The second kappa shape index (κ2) is 14.6. The van der Waals surface area contributed by atoms with Crippen molar-refractivity contribution < 1.29 is 5.11 Å².